The van der Waals surface area contributed by atoms with Gasteiger partial charge >= 0.3 is 6.18 Å². The number of alkyl halides is 3. The lowest BCUT2D eigenvalue weighted by Crippen LogP contribution is -2.52. The summed E-state index contributed by atoms with van der Waals surface area (Å²) < 4.78 is 40.5. The van der Waals surface area contributed by atoms with Gasteiger partial charge in [-0.3, -0.25) is 4.68 Å². The van der Waals surface area contributed by atoms with Crippen molar-refractivity contribution in [3.05, 3.63) is 35.0 Å². The van der Waals surface area contributed by atoms with Gasteiger partial charge in [0.25, 0.3) is 0 Å². The molecule has 0 amide bonds. The Morgan fingerprint density at radius 2 is 2.00 bits per heavy atom. The minimum atomic E-state index is -4.48. The molecule has 0 unspecified atom stereocenters. The Morgan fingerprint density at radius 1 is 1.29 bits per heavy atom. The Kier molecular flexibility index (Phi) is 7.98. The van der Waals surface area contributed by atoms with Crippen molar-refractivity contribution >= 4 is 46.3 Å². The van der Waals surface area contributed by atoms with Gasteiger partial charge in [-0.1, -0.05) is 0 Å². The number of nitrogens with zero attached hydrogens (tertiary/aromatic N) is 5. The molecule has 11 heteroatoms. The number of aromatic nitrogens is 2. The predicted octanol–water partition coefficient (Wildman–Crippen LogP) is 3.41. The van der Waals surface area contributed by atoms with E-state index in [4.69, 9.17) is 0 Å². The molecule has 6 nitrogen and oxygen atoms in total. The van der Waals surface area contributed by atoms with Crippen LogP contribution in [0.5, 0.6) is 0 Å². The van der Waals surface area contributed by atoms with Crippen molar-refractivity contribution in [2.45, 2.75) is 19.6 Å². The molecule has 156 valence electrons. The molecule has 1 saturated heterocycles. The number of guanidine groups is 1. The molecule has 0 aromatic carbocycles. The molecule has 1 aliphatic rings. The molecular weight excluding hydrogens is 504 g/mol. The van der Waals surface area contributed by atoms with Crippen molar-refractivity contribution in [3.8, 4) is 0 Å². The van der Waals surface area contributed by atoms with Gasteiger partial charge in [0.05, 0.1) is 11.5 Å². The second kappa shape index (κ2) is 9.81. The Hall–Kier alpha value is -1.50. The van der Waals surface area contributed by atoms with E-state index in [1.54, 1.807) is 11.3 Å². The molecule has 2 aromatic rings. The van der Waals surface area contributed by atoms with Crippen LogP contribution in [0.2, 0.25) is 0 Å². The number of rotatable bonds is 4. The molecule has 0 atom stereocenters. The van der Waals surface area contributed by atoms with Crippen molar-refractivity contribution in [2.75, 3.05) is 37.6 Å². The van der Waals surface area contributed by atoms with Crippen LogP contribution in [-0.4, -0.2) is 53.4 Å². The van der Waals surface area contributed by atoms with Gasteiger partial charge in [0.1, 0.15) is 0 Å². The molecule has 0 bridgehead atoms. The molecule has 2 aromatic heterocycles. The molecule has 0 radical (unpaired) electrons. The van der Waals surface area contributed by atoms with Crippen molar-refractivity contribution in [1.29, 1.82) is 0 Å². The van der Waals surface area contributed by atoms with Gasteiger partial charge in [-0.25, -0.2) is 4.99 Å². The van der Waals surface area contributed by atoms with Gasteiger partial charge in [-0.15, -0.1) is 35.3 Å². The normalized spacial score (nSPS) is 15.5. The number of hydrogen-bond acceptors (Lipinski definition) is 4. The topological polar surface area (TPSA) is 48.7 Å². The summed E-state index contributed by atoms with van der Waals surface area (Å²) in [5.41, 5.74) is -0.787. The molecule has 1 aliphatic heterocycles. The van der Waals surface area contributed by atoms with Crippen LogP contribution in [0.3, 0.4) is 0 Å². The zero-order valence-corrected chi connectivity index (χ0v) is 18.9. The van der Waals surface area contributed by atoms with Crippen LogP contribution in [0.1, 0.15) is 18.2 Å². The molecular formula is C17H24F3IN6S. The average molecular weight is 528 g/mol. The molecule has 0 saturated carbocycles. The van der Waals surface area contributed by atoms with Crippen LogP contribution < -0.4 is 10.2 Å². The van der Waals surface area contributed by atoms with Crippen LogP contribution >= 0.6 is 35.3 Å². The van der Waals surface area contributed by atoms with Crippen LogP contribution in [0.4, 0.5) is 18.2 Å². The van der Waals surface area contributed by atoms with Crippen molar-refractivity contribution in [1.82, 2.24) is 20.0 Å². The molecule has 3 rings (SSSR count). The standard InChI is InChI=1S/C17H23F3N6S.HI/c1-3-21-16(22-11-13-12-24(2)23-15(13)17(18,19)20)26-8-6-25(7-9-26)14-5-4-10-27-14;/h4-5,10,12H,3,6-9,11H2,1-2H3,(H,21,22);1H. The van der Waals surface area contributed by atoms with E-state index in [1.807, 2.05) is 13.0 Å². The number of nitrogens with one attached hydrogen (secondary N) is 1. The van der Waals surface area contributed by atoms with Crippen LogP contribution in [0.25, 0.3) is 0 Å². The molecule has 0 aliphatic carbocycles. The smallest absolute Gasteiger partial charge is 0.360 e. The van der Waals surface area contributed by atoms with E-state index in [0.717, 1.165) is 26.2 Å². The lowest BCUT2D eigenvalue weighted by Gasteiger charge is -2.37. The van der Waals surface area contributed by atoms with Crippen molar-refractivity contribution < 1.29 is 13.2 Å². The van der Waals surface area contributed by atoms with Crippen LogP contribution in [0, 0.1) is 0 Å². The maximum atomic E-state index is 13.1. The Balaban J connectivity index is 0.00000280. The highest BCUT2D eigenvalue weighted by molar-refractivity contribution is 14.0. The van der Waals surface area contributed by atoms with Crippen molar-refractivity contribution in [3.63, 3.8) is 0 Å². The Morgan fingerprint density at radius 3 is 2.57 bits per heavy atom. The second-order valence-corrected chi connectivity index (χ2v) is 7.20. The summed E-state index contributed by atoms with van der Waals surface area (Å²) in [6.07, 6.45) is -3.10. The summed E-state index contributed by atoms with van der Waals surface area (Å²) in [7, 11) is 1.48. The van der Waals surface area contributed by atoms with E-state index in [-0.39, 0.29) is 36.1 Å². The fraction of sp³-hybridized carbons (Fsp3) is 0.529. The quantitative estimate of drug-likeness (QED) is 0.376. The van der Waals surface area contributed by atoms with Gasteiger partial charge < -0.3 is 15.1 Å². The number of aliphatic imine (C=N–C) groups is 1. The maximum absolute atomic E-state index is 13.1. The van der Waals surface area contributed by atoms with Gasteiger partial charge in [0.2, 0.25) is 0 Å². The van der Waals surface area contributed by atoms with Gasteiger partial charge in [-0.05, 0) is 24.4 Å². The van der Waals surface area contributed by atoms with Gasteiger partial charge in [-0.2, -0.15) is 18.3 Å². The van der Waals surface area contributed by atoms with Crippen LogP contribution in [-0.2, 0) is 19.8 Å². The predicted molar refractivity (Wildman–Crippen MR) is 117 cm³/mol. The summed E-state index contributed by atoms with van der Waals surface area (Å²) >= 11 is 1.71. The van der Waals surface area contributed by atoms with E-state index in [1.165, 1.54) is 22.9 Å². The minimum absolute atomic E-state index is 0. The highest BCUT2D eigenvalue weighted by atomic mass is 127. The monoisotopic (exact) mass is 528 g/mol. The second-order valence-electron chi connectivity index (χ2n) is 6.27. The van der Waals surface area contributed by atoms with E-state index in [2.05, 4.69) is 36.7 Å². The summed E-state index contributed by atoms with van der Waals surface area (Å²) in [5, 5.41) is 10.0. The summed E-state index contributed by atoms with van der Waals surface area (Å²) in [5.74, 6) is 0.639. The zero-order chi connectivity index (χ0) is 19.4. The van der Waals surface area contributed by atoms with E-state index in [0.29, 0.717) is 12.5 Å². The molecule has 1 N–H and O–H groups in total. The molecule has 1 fully saturated rings. The maximum Gasteiger partial charge on any atom is 0.435 e. The summed E-state index contributed by atoms with van der Waals surface area (Å²) in [6.45, 7) is 5.78. The number of halogens is 4. The van der Waals surface area contributed by atoms with Crippen LogP contribution in [0.15, 0.2) is 28.7 Å². The minimum Gasteiger partial charge on any atom is -0.360 e. The first-order valence-corrected chi connectivity index (χ1v) is 9.68. The summed E-state index contributed by atoms with van der Waals surface area (Å²) in [4.78, 5) is 8.85. The third-order valence-corrected chi connectivity index (χ3v) is 5.23. The van der Waals surface area contributed by atoms with Gasteiger partial charge in [0.15, 0.2) is 11.7 Å². The van der Waals surface area contributed by atoms with Crippen molar-refractivity contribution in [2.24, 2.45) is 12.0 Å². The largest absolute Gasteiger partial charge is 0.435 e. The number of aryl methyl sites for hydroxylation is 1. The third-order valence-electron chi connectivity index (χ3n) is 4.30. The van der Waals surface area contributed by atoms with E-state index in [9.17, 15) is 13.2 Å². The van der Waals surface area contributed by atoms with Gasteiger partial charge in [0, 0.05) is 51.5 Å². The van der Waals surface area contributed by atoms with E-state index < -0.39 is 11.9 Å². The fourth-order valence-corrected chi connectivity index (χ4v) is 3.85. The first-order valence-electron chi connectivity index (χ1n) is 8.80. The Bertz CT molecular complexity index is 766. The highest BCUT2D eigenvalue weighted by Gasteiger charge is 2.36. The fourth-order valence-electron chi connectivity index (χ4n) is 3.07. The highest BCUT2D eigenvalue weighted by Crippen LogP contribution is 2.31. The third kappa shape index (κ3) is 5.52. The Labute approximate surface area is 183 Å². The number of piperazine rings is 1. The molecule has 0 spiro atoms. The molecule has 3 heterocycles. The lowest BCUT2D eigenvalue weighted by molar-refractivity contribution is -0.142. The first-order chi connectivity index (χ1) is 12.9. The summed E-state index contributed by atoms with van der Waals surface area (Å²) in [6, 6.07) is 4.13. The number of hydrogen-bond donors (Lipinski definition) is 1. The first kappa shape index (κ1) is 22.8. The number of anilines is 1. The van der Waals surface area contributed by atoms with E-state index >= 15 is 0 Å². The zero-order valence-electron chi connectivity index (χ0n) is 15.7. The average Bonchev–Trinajstić information content (AvgIpc) is 3.28. The number of thiophene rings is 1. The molecule has 28 heavy (non-hydrogen) atoms. The SMILES string of the molecule is CCNC(=NCc1cn(C)nc1C(F)(F)F)N1CCN(c2cccs2)CC1.I. The lowest BCUT2D eigenvalue weighted by atomic mass is 10.2.